The Balaban J connectivity index is 1.24. The second-order valence-corrected chi connectivity index (χ2v) is 16.5. The van der Waals surface area contributed by atoms with Crippen LogP contribution in [0, 0.1) is 94.7 Å². The lowest BCUT2D eigenvalue weighted by Gasteiger charge is -2.50. The smallest absolute Gasteiger partial charge is 0.312 e. The van der Waals surface area contributed by atoms with E-state index in [1.165, 1.54) is 0 Å². The fraction of sp³-hybridized carbons (Fsp3) is 0.895. The van der Waals surface area contributed by atoms with E-state index in [-0.39, 0.29) is 91.4 Å². The van der Waals surface area contributed by atoms with E-state index in [4.69, 9.17) is 28.4 Å². The van der Waals surface area contributed by atoms with Crippen molar-refractivity contribution < 1.29 is 52.7 Å². The van der Waals surface area contributed by atoms with Crippen molar-refractivity contribution in [3.05, 3.63) is 0 Å². The van der Waals surface area contributed by atoms with Gasteiger partial charge in [0.1, 0.15) is 12.7 Å². The first kappa shape index (κ1) is 35.2. The van der Waals surface area contributed by atoms with Crippen LogP contribution in [0.5, 0.6) is 0 Å². The lowest BCUT2D eigenvalue weighted by molar-refractivity contribution is -0.178. The minimum absolute atomic E-state index is 0.00342. The predicted octanol–water partition coefficient (Wildman–Crippen LogP) is 4.80. The summed E-state index contributed by atoms with van der Waals surface area (Å²) >= 11 is 0. The molecule has 1 aliphatic heterocycles. The SMILES string of the molecule is CCOCOC(=O)C(C)C(C(=O)OCOCC)C1C2CCC(C2)C1C1C2CC(CC2C(=O)OCC2CO2)C1C1C(C)C2CC(C(=O)O)C1C2. The molecule has 11 heteroatoms. The number of carbonyl (C=O) groups is 4. The first-order chi connectivity index (χ1) is 23.6. The van der Waals surface area contributed by atoms with Gasteiger partial charge in [-0.25, -0.2) is 0 Å². The van der Waals surface area contributed by atoms with Gasteiger partial charge in [0.15, 0.2) is 13.6 Å². The zero-order chi connectivity index (χ0) is 34.6. The van der Waals surface area contributed by atoms with Crippen molar-refractivity contribution in [2.75, 3.05) is 40.0 Å². The molecule has 0 aromatic carbocycles. The Morgan fingerprint density at radius 1 is 0.735 bits per heavy atom. The van der Waals surface area contributed by atoms with Crippen molar-refractivity contribution in [2.24, 2.45) is 94.7 Å². The molecule has 0 radical (unpaired) electrons. The van der Waals surface area contributed by atoms with Crippen LogP contribution in [0.25, 0.3) is 0 Å². The molecule has 1 saturated heterocycles. The van der Waals surface area contributed by atoms with Crippen LogP contribution in [-0.2, 0) is 47.6 Å². The van der Waals surface area contributed by atoms with E-state index in [9.17, 15) is 24.3 Å². The molecule has 0 aromatic rings. The average molecular weight is 689 g/mol. The van der Waals surface area contributed by atoms with E-state index in [2.05, 4.69) is 6.92 Å². The second-order valence-electron chi connectivity index (χ2n) is 16.5. The second kappa shape index (κ2) is 14.4. The van der Waals surface area contributed by atoms with Crippen LogP contribution < -0.4 is 0 Å². The van der Waals surface area contributed by atoms with Crippen molar-refractivity contribution >= 4 is 23.9 Å². The zero-order valence-electron chi connectivity index (χ0n) is 29.5. The summed E-state index contributed by atoms with van der Waals surface area (Å²) in [7, 11) is 0. The normalized spacial score (nSPS) is 43.8. The number of hydrogen-bond acceptors (Lipinski definition) is 10. The van der Waals surface area contributed by atoms with E-state index >= 15 is 0 Å². The fourth-order valence-electron chi connectivity index (χ4n) is 12.8. The Kier molecular flexibility index (Phi) is 10.3. The number of carbonyl (C=O) groups excluding carboxylic acids is 3. The number of epoxide rings is 1. The van der Waals surface area contributed by atoms with Crippen molar-refractivity contribution in [1.29, 1.82) is 0 Å². The van der Waals surface area contributed by atoms with Crippen molar-refractivity contribution in [3.8, 4) is 0 Å². The molecule has 7 fully saturated rings. The van der Waals surface area contributed by atoms with E-state index in [1.807, 2.05) is 13.8 Å². The highest BCUT2D eigenvalue weighted by Gasteiger charge is 2.68. The molecule has 0 amide bonds. The van der Waals surface area contributed by atoms with Crippen LogP contribution in [0.15, 0.2) is 0 Å². The third kappa shape index (κ3) is 6.43. The average Bonchev–Trinajstić information content (AvgIpc) is 3.62. The summed E-state index contributed by atoms with van der Waals surface area (Å²) in [5, 5.41) is 10.3. The number of fused-ring (bicyclic) bond motifs is 6. The lowest BCUT2D eigenvalue weighted by Crippen LogP contribution is -2.50. The summed E-state index contributed by atoms with van der Waals surface area (Å²) < 4.78 is 33.1. The molecule has 11 nitrogen and oxygen atoms in total. The number of hydrogen-bond donors (Lipinski definition) is 1. The summed E-state index contributed by atoms with van der Waals surface area (Å²) in [5.41, 5.74) is 0. The predicted molar refractivity (Wildman–Crippen MR) is 173 cm³/mol. The molecule has 6 aliphatic carbocycles. The van der Waals surface area contributed by atoms with Gasteiger partial charge in [-0.15, -0.1) is 0 Å². The topological polar surface area (TPSA) is 147 Å². The Bertz CT molecular complexity index is 1250. The van der Waals surface area contributed by atoms with Crippen LogP contribution in [0.4, 0.5) is 0 Å². The van der Waals surface area contributed by atoms with E-state index in [0.29, 0.717) is 43.5 Å². The van der Waals surface area contributed by atoms with Gasteiger partial charge in [-0.05, 0) is 130 Å². The number of esters is 3. The molecular weight excluding hydrogens is 632 g/mol. The number of aliphatic carboxylic acids is 1. The van der Waals surface area contributed by atoms with E-state index in [0.717, 1.165) is 44.9 Å². The molecule has 0 aromatic heterocycles. The minimum Gasteiger partial charge on any atom is -0.481 e. The molecule has 17 unspecified atom stereocenters. The Labute approximate surface area is 289 Å². The molecular formula is C38H56O11. The maximum atomic E-state index is 14.1. The van der Waals surface area contributed by atoms with Gasteiger partial charge in [0.05, 0.1) is 30.3 Å². The fourth-order valence-corrected chi connectivity index (χ4v) is 12.8. The monoisotopic (exact) mass is 688 g/mol. The van der Waals surface area contributed by atoms with Gasteiger partial charge >= 0.3 is 23.9 Å². The summed E-state index contributed by atoms with van der Waals surface area (Å²) in [6, 6.07) is 0. The standard InChI is InChI=1S/C38H56O11/c1-5-44-16-48-36(41)19(4)30(38(43)49-17-45-6-2)31-20-7-8-21(9-20)32(31)34-26-12-23(13-28(26)37(42)47-15-24-14-46-24)33(34)29-18(3)22-10-25(29)27(11-22)35(39)40/h18-34H,5-17H2,1-4H3,(H,39,40). The highest BCUT2D eigenvalue weighted by atomic mass is 16.7. The van der Waals surface area contributed by atoms with Crippen molar-refractivity contribution in [2.45, 2.75) is 78.7 Å². The van der Waals surface area contributed by atoms with Crippen molar-refractivity contribution in [3.63, 3.8) is 0 Å². The van der Waals surface area contributed by atoms with E-state index < -0.39 is 29.7 Å². The molecule has 1 heterocycles. The van der Waals surface area contributed by atoms with Gasteiger partial charge in [-0.1, -0.05) is 13.8 Å². The third-order valence-electron chi connectivity index (χ3n) is 14.6. The van der Waals surface area contributed by atoms with E-state index in [1.54, 1.807) is 6.92 Å². The maximum absolute atomic E-state index is 14.1. The Morgan fingerprint density at radius 2 is 1.37 bits per heavy atom. The quantitative estimate of drug-likeness (QED) is 0.0784. The number of rotatable bonds is 16. The minimum atomic E-state index is -0.754. The van der Waals surface area contributed by atoms with Gasteiger partial charge < -0.3 is 33.5 Å². The van der Waals surface area contributed by atoms with Crippen LogP contribution in [0.2, 0.25) is 0 Å². The zero-order valence-corrected chi connectivity index (χ0v) is 29.5. The molecule has 0 spiro atoms. The van der Waals surface area contributed by atoms with Crippen LogP contribution in [0.1, 0.15) is 72.6 Å². The molecule has 1 N–H and O–H groups in total. The van der Waals surface area contributed by atoms with Crippen molar-refractivity contribution in [1.82, 2.24) is 0 Å². The molecule has 274 valence electrons. The number of carboxylic acid groups (broad SMARTS) is 1. The highest BCUT2D eigenvalue weighted by Crippen LogP contribution is 2.71. The number of carboxylic acids is 1. The largest absolute Gasteiger partial charge is 0.481 e. The molecule has 7 rings (SSSR count). The number of ether oxygens (including phenoxy) is 6. The summed E-state index contributed by atoms with van der Waals surface area (Å²) in [6.07, 6.45) is 6.47. The molecule has 7 aliphatic rings. The first-order valence-electron chi connectivity index (χ1n) is 19.1. The van der Waals surface area contributed by atoms with Gasteiger partial charge in [0.25, 0.3) is 0 Å². The highest BCUT2D eigenvalue weighted by molar-refractivity contribution is 5.82. The molecule has 6 bridgehead atoms. The molecule has 6 saturated carbocycles. The van der Waals surface area contributed by atoms with Crippen LogP contribution >= 0.6 is 0 Å². The van der Waals surface area contributed by atoms with Crippen LogP contribution in [0.3, 0.4) is 0 Å². The Morgan fingerprint density at radius 3 is 2.02 bits per heavy atom. The third-order valence-corrected chi connectivity index (χ3v) is 14.6. The Hall–Kier alpha value is -2.24. The summed E-state index contributed by atoms with van der Waals surface area (Å²) in [4.78, 5) is 53.9. The lowest BCUT2D eigenvalue weighted by atomic mass is 9.53. The van der Waals surface area contributed by atoms with Crippen LogP contribution in [-0.4, -0.2) is 75.1 Å². The molecule has 49 heavy (non-hydrogen) atoms. The first-order valence-corrected chi connectivity index (χ1v) is 19.1. The molecule has 17 atom stereocenters. The summed E-state index contributed by atoms with van der Waals surface area (Å²) in [6.45, 7) is 9.15. The van der Waals surface area contributed by atoms with Gasteiger partial charge in [0, 0.05) is 13.2 Å². The maximum Gasteiger partial charge on any atom is 0.312 e. The van der Waals surface area contributed by atoms with Gasteiger partial charge in [-0.2, -0.15) is 0 Å². The van der Waals surface area contributed by atoms with Gasteiger partial charge in [0.2, 0.25) is 0 Å². The van der Waals surface area contributed by atoms with Gasteiger partial charge in [-0.3, -0.25) is 19.2 Å². The summed E-state index contributed by atoms with van der Waals surface area (Å²) in [5.74, 6) is -1.06.